The van der Waals surface area contributed by atoms with E-state index in [-0.39, 0.29) is 0 Å². The minimum atomic E-state index is -2.34. The summed E-state index contributed by atoms with van der Waals surface area (Å²) in [6.07, 6.45) is 11.9. The van der Waals surface area contributed by atoms with Crippen LogP contribution >= 0.6 is 12.2 Å². The standard InChI is InChI=1S/C8H14NOS.3C4H9.Sn/c1-2-7-10-8(11)9-5-3-4-6-9;3*1-3-4-2;/h7H,2-6H2,1H3;3*1,3-4H2,2H3;. The molecule has 0 unspecified atom stereocenters. The van der Waals surface area contributed by atoms with Gasteiger partial charge in [-0.2, -0.15) is 0 Å². The molecule has 1 fully saturated rings. The molecule has 1 aliphatic rings. The first-order valence-electron chi connectivity index (χ1n) is 10.6. The first-order valence-corrected chi connectivity index (χ1v) is 18.7. The van der Waals surface area contributed by atoms with E-state index < -0.39 is 18.4 Å². The molecule has 0 aromatic carbocycles. The molecule has 0 aromatic heterocycles. The van der Waals surface area contributed by atoms with Crippen LogP contribution in [0.5, 0.6) is 0 Å². The van der Waals surface area contributed by atoms with Crippen LogP contribution in [0.2, 0.25) is 13.3 Å². The first kappa shape index (κ1) is 22.5. The zero-order valence-electron chi connectivity index (χ0n) is 16.7. The van der Waals surface area contributed by atoms with Crippen molar-refractivity contribution in [3.05, 3.63) is 0 Å². The second kappa shape index (κ2) is 12.8. The van der Waals surface area contributed by atoms with Crippen molar-refractivity contribution in [3.63, 3.8) is 0 Å². The van der Waals surface area contributed by atoms with Crippen LogP contribution in [0.3, 0.4) is 0 Å². The zero-order valence-corrected chi connectivity index (χ0v) is 20.4. The van der Waals surface area contributed by atoms with Crippen LogP contribution in [-0.2, 0) is 4.74 Å². The maximum atomic E-state index is 6.59. The molecule has 24 heavy (non-hydrogen) atoms. The van der Waals surface area contributed by atoms with Crippen LogP contribution in [0.4, 0.5) is 0 Å². The summed E-state index contributed by atoms with van der Waals surface area (Å²) < 4.78 is 11.6. The van der Waals surface area contributed by atoms with Crippen molar-refractivity contribution in [1.82, 2.24) is 4.90 Å². The topological polar surface area (TPSA) is 12.5 Å². The Morgan fingerprint density at radius 1 is 0.917 bits per heavy atom. The van der Waals surface area contributed by atoms with Gasteiger partial charge in [0.15, 0.2) is 0 Å². The van der Waals surface area contributed by atoms with Gasteiger partial charge in [0, 0.05) is 0 Å². The van der Waals surface area contributed by atoms with E-state index in [2.05, 4.69) is 32.6 Å². The van der Waals surface area contributed by atoms with Gasteiger partial charge >= 0.3 is 161 Å². The molecule has 0 aromatic rings. The normalized spacial score (nSPS) is 16.4. The minimum absolute atomic E-state index is 0.497. The monoisotopic (exact) mass is 463 g/mol. The molecule has 1 saturated heterocycles. The van der Waals surface area contributed by atoms with Crippen molar-refractivity contribution >= 4 is 35.8 Å². The van der Waals surface area contributed by atoms with Crippen LogP contribution in [0.1, 0.15) is 85.5 Å². The third-order valence-corrected chi connectivity index (χ3v) is 23.1. The maximum absolute atomic E-state index is 6.59. The van der Waals surface area contributed by atoms with Crippen molar-refractivity contribution in [2.75, 3.05) is 13.1 Å². The van der Waals surface area contributed by atoms with Crippen LogP contribution in [-0.4, -0.2) is 45.7 Å². The fourth-order valence-corrected chi connectivity index (χ4v) is 22.2. The van der Waals surface area contributed by atoms with Crippen molar-refractivity contribution < 1.29 is 4.74 Å². The number of hydrogen-bond donors (Lipinski definition) is 0. The zero-order chi connectivity index (χ0) is 17.8. The summed E-state index contributed by atoms with van der Waals surface area (Å²) in [6.45, 7) is 11.6. The third kappa shape index (κ3) is 7.01. The van der Waals surface area contributed by atoms with E-state index in [1.807, 2.05) is 0 Å². The average Bonchev–Trinajstić information content (AvgIpc) is 3.14. The Hall–Kier alpha value is 0.489. The molecule has 0 spiro atoms. The van der Waals surface area contributed by atoms with Gasteiger partial charge in [-0.1, -0.05) is 0 Å². The molecular formula is C20H41NOSSn. The van der Waals surface area contributed by atoms with Gasteiger partial charge < -0.3 is 0 Å². The van der Waals surface area contributed by atoms with Gasteiger partial charge in [0.2, 0.25) is 0 Å². The van der Waals surface area contributed by atoms with Crippen LogP contribution in [0, 0.1) is 0 Å². The number of nitrogens with zero attached hydrogens (tertiary/aromatic N) is 1. The van der Waals surface area contributed by atoms with Gasteiger partial charge in [0.05, 0.1) is 0 Å². The molecule has 0 N–H and O–H groups in total. The Balaban J connectivity index is 2.88. The summed E-state index contributed by atoms with van der Waals surface area (Å²) in [6, 6.07) is 0. The van der Waals surface area contributed by atoms with Gasteiger partial charge in [-0.3, -0.25) is 0 Å². The van der Waals surface area contributed by atoms with E-state index in [1.165, 1.54) is 71.1 Å². The molecule has 0 radical (unpaired) electrons. The molecule has 142 valence electrons. The molecule has 1 atom stereocenters. The molecule has 1 rings (SSSR count). The molecular weight excluding hydrogens is 421 g/mol. The Kier molecular flexibility index (Phi) is 12.0. The number of thiocarbonyl (C=S) groups is 1. The van der Waals surface area contributed by atoms with Gasteiger partial charge in [-0.25, -0.2) is 0 Å². The van der Waals surface area contributed by atoms with E-state index in [9.17, 15) is 0 Å². The van der Waals surface area contributed by atoms with Gasteiger partial charge in [0.1, 0.15) is 0 Å². The predicted molar refractivity (Wildman–Crippen MR) is 113 cm³/mol. The Morgan fingerprint density at radius 2 is 1.38 bits per heavy atom. The summed E-state index contributed by atoms with van der Waals surface area (Å²) in [5, 5.41) is 0.824. The van der Waals surface area contributed by atoms with E-state index in [0.717, 1.165) is 18.3 Å². The molecule has 1 aliphatic heterocycles. The van der Waals surface area contributed by atoms with Crippen molar-refractivity contribution in [2.24, 2.45) is 0 Å². The number of hydrogen-bond acceptors (Lipinski definition) is 2. The Labute approximate surface area is 161 Å². The van der Waals surface area contributed by atoms with E-state index in [4.69, 9.17) is 17.0 Å². The summed E-state index contributed by atoms with van der Waals surface area (Å²) in [4.78, 5) is 2.31. The van der Waals surface area contributed by atoms with Gasteiger partial charge in [-0.05, 0) is 0 Å². The molecule has 0 aliphatic carbocycles. The first-order chi connectivity index (χ1) is 11.6. The van der Waals surface area contributed by atoms with E-state index in [1.54, 1.807) is 0 Å². The van der Waals surface area contributed by atoms with Crippen LogP contribution in [0.15, 0.2) is 0 Å². The van der Waals surface area contributed by atoms with Crippen molar-refractivity contribution in [1.29, 1.82) is 0 Å². The summed E-state index contributed by atoms with van der Waals surface area (Å²) in [7, 11) is 0. The second-order valence-electron chi connectivity index (χ2n) is 7.65. The summed E-state index contributed by atoms with van der Waals surface area (Å²) >= 11 is 3.36. The number of likely N-dealkylation sites (tertiary alicyclic amines) is 1. The number of unbranched alkanes of at least 4 members (excludes halogenated alkanes) is 3. The molecule has 0 amide bonds. The van der Waals surface area contributed by atoms with Crippen LogP contribution < -0.4 is 0 Å². The van der Waals surface area contributed by atoms with Gasteiger partial charge in [0.25, 0.3) is 0 Å². The Bertz CT molecular complexity index is 323. The molecule has 4 heteroatoms. The summed E-state index contributed by atoms with van der Waals surface area (Å²) in [5.74, 6) is 0. The predicted octanol–water partition coefficient (Wildman–Crippen LogP) is 6.55. The molecule has 0 saturated carbocycles. The van der Waals surface area contributed by atoms with E-state index in [0.29, 0.717) is 4.12 Å². The summed E-state index contributed by atoms with van der Waals surface area (Å²) in [5.41, 5.74) is 0. The SMILES string of the molecule is CCC[CH2][Sn]([CH2]CCC)([CH2]CCC)[C@@H](CC)OC(=S)N1CCCC1. The van der Waals surface area contributed by atoms with Crippen LogP contribution in [0.25, 0.3) is 0 Å². The quantitative estimate of drug-likeness (QED) is 0.241. The molecule has 1 heterocycles. The fraction of sp³-hybridized carbons (Fsp3) is 0.950. The van der Waals surface area contributed by atoms with Gasteiger partial charge in [-0.15, -0.1) is 0 Å². The average molecular weight is 462 g/mol. The third-order valence-electron chi connectivity index (χ3n) is 5.75. The number of rotatable bonds is 12. The fourth-order valence-electron chi connectivity index (χ4n) is 4.18. The Morgan fingerprint density at radius 3 is 1.75 bits per heavy atom. The number of ether oxygens (including phenoxy) is 1. The second-order valence-corrected chi connectivity index (χ2v) is 21.9. The van der Waals surface area contributed by atoms with E-state index >= 15 is 0 Å². The molecule has 0 bridgehead atoms. The molecule has 2 nitrogen and oxygen atoms in total. The van der Waals surface area contributed by atoms with Crippen molar-refractivity contribution in [3.8, 4) is 0 Å². The van der Waals surface area contributed by atoms with Crippen molar-refractivity contribution in [2.45, 2.75) is 103 Å².